The summed E-state index contributed by atoms with van der Waals surface area (Å²) < 4.78 is 5.47. The molecule has 1 saturated carbocycles. The van der Waals surface area contributed by atoms with Crippen LogP contribution in [0.25, 0.3) is 0 Å². The number of carbonyl (C=O) groups excluding carboxylic acids is 2. The summed E-state index contributed by atoms with van der Waals surface area (Å²) in [5.41, 5.74) is 5.90. The number of carbonyl (C=O) groups is 2. The van der Waals surface area contributed by atoms with E-state index in [9.17, 15) is 9.59 Å². The Kier molecular flexibility index (Phi) is 6.59. The van der Waals surface area contributed by atoms with Crippen molar-refractivity contribution in [1.29, 1.82) is 0 Å². The molecule has 1 amide bonds. The van der Waals surface area contributed by atoms with Crippen molar-refractivity contribution in [2.75, 3.05) is 17.7 Å². The van der Waals surface area contributed by atoms with E-state index in [1.165, 1.54) is 23.1 Å². The first-order valence-electron chi connectivity index (χ1n) is 7.26. The molecule has 2 atom stereocenters. The Morgan fingerprint density at radius 3 is 3.00 bits per heavy atom. The number of nitrogens with zero attached hydrogens (tertiary/aromatic N) is 2. The second-order valence-corrected chi connectivity index (χ2v) is 7.28. The molecule has 0 aliphatic heterocycles. The van der Waals surface area contributed by atoms with Crippen LogP contribution in [0.15, 0.2) is 4.34 Å². The van der Waals surface area contributed by atoms with Crippen molar-refractivity contribution in [3.05, 3.63) is 0 Å². The Labute approximate surface area is 137 Å². The summed E-state index contributed by atoms with van der Waals surface area (Å²) in [5, 5.41) is 11.1. The maximum absolute atomic E-state index is 12.2. The van der Waals surface area contributed by atoms with Gasteiger partial charge in [-0.05, 0) is 26.2 Å². The van der Waals surface area contributed by atoms with Gasteiger partial charge in [-0.25, -0.2) is 0 Å². The molecule has 0 radical (unpaired) electrons. The number of hydrogen-bond donors (Lipinski definition) is 2. The minimum atomic E-state index is -0.288. The van der Waals surface area contributed by atoms with Crippen molar-refractivity contribution in [2.45, 2.75) is 43.0 Å². The Morgan fingerprint density at radius 1 is 1.45 bits per heavy atom. The predicted molar refractivity (Wildman–Crippen MR) is 85.8 cm³/mol. The molecule has 1 heterocycles. The topological polar surface area (TPSA) is 107 Å². The summed E-state index contributed by atoms with van der Waals surface area (Å²) in [5.74, 6) is -0.200. The highest BCUT2D eigenvalue weighted by atomic mass is 32.2. The van der Waals surface area contributed by atoms with E-state index in [2.05, 4.69) is 15.5 Å². The molecule has 1 fully saturated rings. The van der Waals surface area contributed by atoms with Gasteiger partial charge < -0.3 is 15.8 Å². The van der Waals surface area contributed by atoms with Crippen molar-refractivity contribution >= 4 is 40.1 Å². The summed E-state index contributed by atoms with van der Waals surface area (Å²) in [6.45, 7) is 2.12. The average molecular weight is 344 g/mol. The molecule has 0 spiro atoms. The molecule has 0 aromatic carbocycles. The Bertz CT molecular complexity index is 523. The van der Waals surface area contributed by atoms with Gasteiger partial charge in [-0.3, -0.25) is 9.59 Å². The van der Waals surface area contributed by atoms with Crippen LogP contribution < -0.4 is 11.1 Å². The van der Waals surface area contributed by atoms with Crippen LogP contribution in [0.3, 0.4) is 0 Å². The van der Waals surface area contributed by atoms with Crippen LogP contribution in [0.4, 0.5) is 5.13 Å². The maximum atomic E-state index is 12.2. The number of nitrogens with two attached hydrogens (primary N) is 1. The molecule has 1 aliphatic rings. The second-order valence-electron chi connectivity index (χ2n) is 5.08. The fourth-order valence-electron chi connectivity index (χ4n) is 2.32. The lowest BCUT2D eigenvalue weighted by Crippen LogP contribution is -2.34. The molecular weight excluding hydrogens is 324 g/mol. The summed E-state index contributed by atoms with van der Waals surface area (Å²) in [6, 6.07) is 0.106. The first kappa shape index (κ1) is 17.2. The van der Waals surface area contributed by atoms with Gasteiger partial charge in [0.15, 0.2) is 4.34 Å². The summed E-state index contributed by atoms with van der Waals surface area (Å²) in [7, 11) is 0. The fraction of sp³-hybridized carbons (Fsp3) is 0.692. The third kappa shape index (κ3) is 5.22. The van der Waals surface area contributed by atoms with E-state index in [1.807, 2.05) is 0 Å². The first-order chi connectivity index (χ1) is 10.6. The molecule has 3 N–H and O–H groups in total. The predicted octanol–water partition coefficient (Wildman–Crippen LogP) is 1.65. The summed E-state index contributed by atoms with van der Waals surface area (Å²) >= 11 is 2.51. The van der Waals surface area contributed by atoms with Gasteiger partial charge in [-0.2, -0.15) is 0 Å². The van der Waals surface area contributed by atoms with Crippen molar-refractivity contribution in [1.82, 2.24) is 10.2 Å². The zero-order valence-electron chi connectivity index (χ0n) is 12.4. The van der Waals surface area contributed by atoms with E-state index in [4.69, 9.17) is 10.5 Å². The van der Waals surface area contributed by atoms with Crippen molar-refractivity contribution < 1.29 is 14.3 Å². The van der Waals surface area contributed by atoms with Gasteiger partial charge in [0.25, 0.3) is 0 Å². The molecule has 1 aromatic rings. The minimum absolute atomic E-state index is 0.0479. The highest BCUT2D eigenvalue weighted by Gasteiger charge is 2.26. The molecule has 122 valence electrons. The summed E-state index contributed by atoms with van der Waals surface area (Å²) in [6.07, 6.45) is 3.55. The van der Waals surface area contributed by atoms with Gasteiger partial charge in [0.1, 0.15) is 0 Å². The largest absolute Gasteiger partial charge is 0.465 e. The quantitative estimate of drug-likeness (QED) is 0.459. The molecular formula is C13H20N4O3S2. The number of thioether (sulfide) groups is 1. The van der Waals surface area contributed by atoms with Crippen LogP contribution in [0.1, 0.15) is 32.6 Å². The van der Waals surface area contributed by atoms with Gasteiger partial charge in [-0.15, -0.1) is 10.2 Å². The third-order valence-electron chi connectivity index (χ3n) is 3.34. The number of rotatable bonds is 6. The maximum Gasteiger partial charge on any atom is 0.316 e. The van der Waals surface area contributed by atoms with E-state index >= 15 is 0 Å². The average Bonchev–Trinajstić information content (AvgIpc) is 2.93. The standard InChI is InChI=1S/C13H20N4O3S2/c1-2-20-10(18)7-21-13-17-16-12(22-13)15-11(19)8-4-3-5-9(14)6-8/h8-9H,2-7,14H2,1H3,(H,15,16,19). The van der Waals surface area contributed by atoms with Crippen molar-refractivity contribution in [2.24, 2.45) is 11.7 Å². The SMILES string of the molecule is CCOC(=O)CSc1nnc(NC(=O)C2CCCC(N)C2)s1. The molecule has 22 heavy (non-hydrogen) atoms. The first-order valence-corrected chi connectivity index (χ1v) is 9.07. The molecule has 0 saturated heterocycles. The van der Waals surface area contributed by atoms with Gasteiger partial charge in [0, 0.05) is 12.0 Å². The zero-order valence-corrected chi connectivity index (χ0v) is 14.0. The van der Waals surface area contributed by atoms with E-state index in [-0.39, 0.29) is 29.6 Å². The Hall–Kier alpha value is -1.19. The Morgan fingerprint density at radius 2 is 2.27 bits per heavy atom. The smallest absolute Gasteiger partial charge is 0.316 e. The lowest BCUT2D eigenvalue weighted by atomic mass is 9.86. The molecule has 0 bridgehead atoms. The number of ether oxygens (including phenoxy) is 1. The normalized spacial score (nSPS) is 21.4. The fourth-order valence-corrected chi connectivity index (χ4v) is 3.87. The van der Waals surface area contributed by atoms with E-state index < -0.39 is 0 Å². The van der Waals surface area contributed by atoms with Crippen LogP contribution in [0.2, 0.25) is 0 Å². The molecule has 1 aliphatic carbocycles. The number of esters is 1. The van der Waals surface area contributed by atoms with E-state index in [0.29, 0.717) is 16.1 Å². The van der Waals surface area contributed by atoms with Crippen LogP contribution in [-0.4, -0.2) is 40.5 Å². The van der Waals surface area contributed by atoms with E-state index in [1.54, 1.807) is 6.92 Å². The number of hydrogen-bond acceptors (Lipinski definition) is 8. The lowest BCUT2D eigenvalue weighted by molar-refractivity contribution is -0.139. The second kappa shape index (κ2) is 8.44. The third-order valence-corrected chi connectivity index (χ3v) is 5.29. The number of anilines is 1. The van der Waals surface area contributed by atoms with E-state index in [0.717, 1.165) is 25.7 Å². The van der Waals surface area contributed by atoms with Crippen LogP contribution in [-0.2, 0) is 14.3 Å². The van der Waals surface area contributed by atoms with Gasteiger partial charge in [-0.1, -0.05) is 29.5 Å². The molecule has 2 unspecified atom stereocenters. The molecule has 7 nitrogen and oxygen atoms in total. The highest BCUT2D eigenvalue weighted by Crippen LogP contribution is 2.28. The van der Waals surface area contributed by atoms with Crippen LogP contribution >= 0.6 is 23.1 Å². The molecule has 2 rings (SSSR count). The monoisotopic (exact) mass is 344 g/mol. The van der Waals surface area contributed by atoms with Gasteiger partial charge >= 0.3 is 5.97 Å². The Balaban J connectivity index is 1.81. The van der Waals surface area contributed by atoms with Gasteiger partial charge in [0.05, 0.1) is 12.4 Å². The highest BCUT2D eigenvalue weighted by molar-refractivity contribution is 8.01. The minimum Gasteiger partial charge on any atom is -0.465 e. The number of amides is 1. The van der Waals surface area contributed by atoms with Crippen molar-refractivity contribution in [3.63, 3.8) is 0 Å². The number of aromatic nitrogens is 2. The molecule has 9 heteroatoms. The molecule has 1 aromatic heterocycles. The summed E-state index contributed by atoms with van der Waals surface area (Å²) in [4.78, 5) is 23.4. The van der Waals surface area contributed by atoms with Crippen LogP contribution in [0.5, 0.6) is 0 Å². The number of nitrogens with one attached hydrogen (secondary N) is 1. The zero-order chi connectivity index (χ0) is 15.9. The van der Waals surface area contributed by atoms with Crippen LogP contribution in [0, 0.1) is 5.92 Å². The van der Waals surface area contributed by atoms with Gasteiger partial charge in [0.2, 0.25) is 11.0 Å². The van der Waals surface area contributed by atoms with Crippen molar-refractivity contribution in [3.8, 4) is 0 Å². The lowest BCUT2D eigenvalue weighted by Gasteiger charge is -2.25.